The van der Waals surface area contributed by atoms with Crippen molar-refractivity contribution in [1.29, 1.82) is 0 Å². The van der Waals surface area contributed by atoms with E-state index in [0.717, 1.165) is 16.6 Å². The molecule has 0 unspecified atom stereocenters. The molecule has 7 nitrogen and oxygen atoms in total. The summed E-state index contributed by atoms with van der Waals surface area (Å²) in [6.45, 7) is 4.83. The molecule has 1 heterocycles. The van der Waals surface area contributed by atoms with Crippen molar-refractivity contribution < 1.29 is 14.4 Å². The van der Waals surface area contributed by atoms with Crippen LogP contribution in [0.4, 0.5) is 17.1 Å². The molecule has 0 radical (unpaired) electrons. The minimum Gasteiger partial charge on any atom is -0.490 e. The Balaban J connectivity index is 2.04. The van der Waals surface area contributed by atoms with Gasteiger partial charge >= 0.3 is 0 Å². The van der Waals surface area contributed by atoms with Gasteiger partial charge in [-0.3, -0.25) is 15.1 Å². The molecule has 0 bridgehead atoms. The summed E-state index contributed by atoms with van der Waals surface area (Å²) in [7, 11) is 0. The lowest BCUT2D eigenvalue weighted by Crippen LogP contribution is -2.00. The van der Waals surface area contributed by atoms with Crippen LogP contribution in [0.25, 0.3) is 10.9 Å². The predicted molar refractivity (Wildman–Crippen MR) is 105 cm³/mol. The Morgan fingerprint density at radius 1 is 1.07 bits per heavy atom. The van der Waals surface area contributed by atoms with E-state index in [9.17, 15) is 10.1 Å². The summed E-state index contributed by atoms with van der Waals surface area (Å²) in [4.78, 5) is 14.8. The van der Waals surface area contributed by atoms with Gasteiger partial charge in [-0.1, -0.05) is 11.6 Å². The van der Waals surface area contributed by atoms with Crippen LogP contribution in [-0.2, 0) is 0 Å². The number of rotatable bonds is 7. The number of pyridine rings is 1. The Hall–Kier alpha value is -3.06. The van der Waals surface area contributed by atoms with Gasteiger partial charge in [-0.15, -0.1) is 0 Å². The van der Waals surface area contributed by atoms with E-state index in [4.69, 9.17) is 21.1 Å². The molecule has 0 saturated heterocycles. The third kappa shape index (κ3) is 4.03. The number of aromatic nitrogens is 1. The number of non-ortho nitro benzene ring substituents is 1. The van der Waals surface area contributed by atoms with Crippen molar-refractivity contribution in [3.05, 3.63) is 57.7 Å². The van der Waals surface area contributed by atoms with Gasteiger partial charge < -0.3 is 14.8 Å². The van der Waals surface area contributed by atoms with Crippen molar-refractivity contribution in [2.75, 3.05) is 18.5 Å². The summed E-state index contributed by atoms with van der Waals surface area (Å²) in [5, 5.41) is 15.2. The van der Waals surface area contributed by atoms with Crippen LogP contribution in [0.2, 0.25) is 5.02 Å². The maximum absolute atomic E-state index is 10.9. The maximum atomic E-state index is 10.9. The van der Waals surface area contributed by atoms with Crippen molar-refractivity contribution in [1.82, 2.24) is 4.98 Å². The Bertz CT molecular complexity index is 994. The third-order valence-corrected chi connectivity index (χ3v) is 4.15. The van der Waals surface area contributed by atoms with Crippen molar-refractivity contribution in [3.63, 3.8) is 0 Å². The highest BCUT2D eigenvalue weighted by Gasteiger charge is 2.13. The summed E-state index contributed by atoms with van der Waals surface area (Å²) in [5.74, 6) is 1.25. The van der Waals surface area contributed by atoms with Gasteiger partial charge in [-0.2, -0.15) is 0 Å². The molecule has 27 heavy (non-hydrogen) atoms. The molecule has 8 heteroatoms. The van der Waals surface area contributed by atoms with Gasteiger partial charge in [0.2, 0.25) is 0 Å². The van der Waals surface area contributed by atoms with Crippen LogP contribution in [0.5, 0.6) is 11.5 Å². The zero-order valence-corrected chi connectivity index (χ0v) is 15.6. The summed E-state index contributed by atoms with van der Waals surface area (Å²) in [6, 6.07) is 9.77. The molecule has 0 atom stereocenters. The van der Waals surface area contributed by atoms with Crippen LogP contribution in [0, 0.1) is 10.1 Å². The second-order valence-electron chi connectivity index (χ2n) is 5.59. The number of fused-ring (bicyclic) bond motifs is 1. The Labute approximate surface area is 161 Å². The van der Waals surface area contributed by atoms with Crippen LogP contribution in [0.1, 0.15) is 13.8 Å². The van der Waals surface area contributed by atoms with E-state index in [1.807, 2.05) is 26.0 Å². The second-order valence-corrected chi connectivity index (χ2v) is 5.99. The van der Waals surface area contributed by atoms with Gasteiger partial charge in [0.15, 0.2) is 11.5 Å². The summed E-state index contributed by atoms with van der Waals surface area (Å²) >= 11 is 6.19. The summed E-state index contributed by atoms with van der Waals surface area (Å²) < 4.78 is 11.3. The molecule has 0 aliphatic heterocycles. The zero-order valence-electron chi connectivity index (χ0n) is 14.9. The summed E-state index contributed by atoms with van der Waals surface area (Å²) in [5.41, 5.74) is 1.97. The SMILES string of the molecule is CCOc1cc2nccc(Nc3ccc([N+](=O)[O-])cc3Cl)c2cc1OCC. The minimum atomic E-state index is -0.485. The maximum Gasteiger partial charge on any atom is 0.271 e. The fraction of sp³-hybridized carbons (Fsp3) is 0.211. The van der Waals surface area contributed by atoms with E-state index < -0.39 is 4.92 Å². The van der Waals surface area contributed by atoms with Crippen LogP contribution in [-0.4, -0.2) is 23.1 Å². The fourth-order valence-electron chi connectivity index (χ4n) is 2.66. The highest BCUT2D eigenvalue weighted by Crippen LogP contribution is 2.37. The predicted octanol–water partition coefficient (Wildman–Crippen LogP) is 5.34. The van der Waals surface area contributed by atoms with Crippen LogP contribution >= 0.6 is 11.6 Å². The van der Waals surface area contributed by atoms with E-state index in [1.165, 1.54) is 12.1 Å². The first-order chi connectivity index (χ1) is 13.0. The number of hydrogen-bond acceptors (Lipinski definition) is 6. The lowest BCUT2D eigenvalue weighted by molar-refractivity contribution is -0.384. The van der Waals surface area contributed by atoms with Crippen molar-refractivity contribution in [3.8, 4) is 11.5 Å². The first-order valence-corrected chi connectivity index (χ1v) is 8.80. The first-order valence-electron chi connectivity index (χ1n) is 8.42. The number of benzene rings is 2. The molecule has 2 aromatic carbocycles. The average Bonchev–Trinajstić information content (AvgIpc) is 2.64. The van der Waals surface area contributed by atoms with Gasteiger partial charge in [-0.25, -0.2) is 0 Å². The van der Waals surface area contributed by atoms with Crippen LogP contribution < -0.4 is 14.8 Å². The Morgan fingerprint density at radius 3 is 2.41 bits per heavy atom. The van der Waals surface area contributed by atoms with Gasteiger partial charge in [-0.05, 0) is 32.0 Å². The molecule has 3 aromatic rings. The molecule has 0 amide bonds. The number of hydrogen-bond donors (Lipinski definition) is 1. The molecule has 0 spiro atoms. The lowest BCUT2D eigenvalue weighted by Gasteiger charge is -2.15. The van der Waals surface area contributed by atoms with E-state index >= 15 is 0 Å². The molecule has 140 valence electrons. The van der Waals surface area contributed by atoms with Crippen molar-refractivity contribution in [2.45, 2.75) is 13.8 Å². The third-order valence-electron chi connectivity index (χ3n) is 3.84. The van der Waals surface area contributed by atoms with Gasteiger partial charge in [0.05, 0.1) is 34.4 Å². The quantitative estimate of drug-likeness (QED) is 0.435. The standard InChI is InChI=1S/C19H18ClN3O4/c1-3-26-18-10-13-15(7-8-21-17(13)11-19(18)27-4-2)22-16-6-5-12(23(24)25)9-14(16)20/h5-11H,3-4H2,1-2H3,(H,21,22). The summed E-state index contributed by atoms with van der Waals surface area (Å²) in [6.07, 6.45) is 1.67. The minimum absolute atomic E-state index is 0.0647. The molecule has 1 aromatic heterocycles. The van der Waals surface area contributed by atoms with E-state index in [0.29, 0.717) is 30.4 Å². The van der Waals surface area contributed by atoms with Gasteiger partial charge in [0.25, 0.3) is 5.69 Å². The molecular formula is C19H18ClN3O4. The first kappa shape index (κ1) is 18.7. The average molecular weight is 388 g/mol. The number of ether oxygens (including phenoxy) is 2. The molecule has 0 fully saturated rings. The van der Waals surface area contributed by atoms with E-state index in [-0.39, 0.29) is 10.7 Å². The number of nitro benzene ring substituents is 1. The number of anilines is 2. The molecule has 3 rings (SSSR count). The molecule has 0 saturated carbocycles. The lowest BCUT2D eigenvalue weighted by atomic mass is 10.1. The highest BCUT2D eigenvalue weighted by molar-refractivity contribution is 6.33. The normalized spacial score (nSPS) is 10.6. The number of nitrogens with zero attached hydrogens (tertiary/aromatic N) is 2. The van der Waals surface area contributed by atoms with Crippen molar-refractivity contribution in [2.24, 2.45) is 0 Å². The smallest absolute Gasteiger partial charge is 0.271 e. The molecular weight excluding hydrogens is 370 g/mol. The van der Waals surface area contributed by atoms with Crippen LogP contribution in [0.15, 0.2) is 42.6 Å². The fourth-order valence-corrected chi connectivity index (χ4v) is 2.89. The zero-order chi connectivity index (χ0) is 19.4. The number of nitro groups is 1. The topological polar surface area (TPSA) is 86.5 Å². The second kappa shape index (κ2) is 8.09. The monoisotopic (exact) mass is 387 g/mol. The van der Waals surface area contributed by atoms with Crippen LogP contribution in [0.3, 0.4) is 0 Å². The molecule has 1 N–H and O–H groups in total. The largest absolute Gasteiger partial charge is 0.490 e. The van der Waals surface area contributed by atoms with Gasteiger partial charge in [0.1, 0.15) is 0 Å². The molecule has 0 aliphatic rings. The number of halogens is 1. The number of nitrogens with one attached hydrogen (secondary N) is 1. The van der Waals surface area contributed by atoms with E-state index in [1.54, 1.807) is 18.3 Å². The van der Waals surface area contributed by atoms with Gasteiger partial charge in [0, 0.05) is 35.5 Å². The van der Waals surface area contributed by atoms with E-state index in [2.05, 4.69) is 10.3 Å². The highest BCUT2D eigenvalue weighted by atomic mass is 35.5. The Morgan fingerprint density at radius 2 is 1.78 bits per heavy atom. The Kier molecular flexibility index (Phi) is 5.61. The molecule has 0 aliphatic carbocycles. The van der Waals surface area contributed by atoms with Crippen molar-refractivity contribution >= 4 is 39.6 Å².